The predicted molar refractivity (Wildman–Crippen MR) is 108 cm³/mol. The monoisotopic (exact) mass is 386 g/mol. The van der Waals surface area contributed by atoms with Crippen LogP contribution in [-0.4, -0.2) is 22.1 Å². The summed E-state index contributed by atoms with van der Waals surface area (Å²) in [5.41, 5.74) is 1.37. The number of rotatable bonds is 4. The number of thiophene rings is 1. The Morgan fingerprint density at radius 1 is 1.22 bits per heavy atom. The summed E-state index contributed by atoms with van der Waals surface area (Å²) >= 11 is 1.30. The number of nitrogens with zero attached hydrogens (tertiary/aromatic N) is 1. The van der Waals surface area contributed by atoms with E-state index in [1.54, 1.807) is 6.92 Å². The van der Waals surface area contributed by atoms with Crippen molar-refractivity contribution >= 4 is 27.5 Å². The molecule has 0 aliphatic heterocycles. The standard InChI is InChI=1S/C20H22N2O4S/c1-6-26-18(24)20(4,5)22-17(23)15-14(10-27-16(15)21-19(22)25)13-8-7-11(2)12(3)9-13/h7-10H,6H2,1-5H3,(H,21,25). The summed E-state index contributed by atoms with van der Waals surface area (Å²) in [6.45, 7) is 8.91. The lowest BCUT2D eigenvalue weighted by atomic mass is 10.0. The molecule has 0 saturated carbocycles. The molecule has 0 aliphatic rings. The minimum absolute atomic E-state index is 0.170. The summed E-state index contributed by atoms with van der Waals surface area (Å²) in [5, 5.41) is 2.26. The van der Waals surface area contributed by atoms with E-state index in [0.717, 1.165) is 26.8 Å². The molecule has 1 N–H and O–H groups in total. The molecule has 142 valence electrons. The van der Waals surface area contributed by atoms with Crippen molar-refractivity contribution in [3.8, 4) is 11.1 Å². The molecule has 27 heavy (non-hydrogen) atoms. The van der Waals surface area contributed by atoms with Gasteiger partial charge in [0.1, 0.15) is 10.4 Å². The summed E-state index contributed by atoms with van der Waals surface area (Å²) in [5.74, 6) is -0.625. The Balaban J connectivity index is 2.30. The third kappa shape index (κ3) is 3.12. The highest BCUT2D eigenvalue weighted by molar-refractivity contribution is 7.17. The van der Waals surface area contributed by atoms with Gasteiger partial charge in [0.05, 0.1) is 12.0 Å². The maximum atomic E-state index is 13.3. The van der Waals surface area contributed by atoms with Crippen LogP contribution in [0.25, 0.3) is 21.3 Å². The Bertz CT molecular complexity index is 1150. The van der Waals surface area contributed by atoms with Gasteiger partial charge in [-0.3, -0.25) is 9.78 Å². The zero-order valence-corrected chi connectivity index (χ0v) is 16.8. The fourth-order valence-electron chi connectivity index (χ4n) is 3.05. The molecule has 0 saturated heterocycles. The van der Waals surface area contributed by atoms with Crippen LogP contribution in [0.5, 0.6) is 0 Å². The number of benzene rings is 1. The lowest BCUT2D eigenvalue weighted by Gasteiger charge is -2.24. The van der Waals surface area contributed by atoms with Crippen molar-refractivity contribution in [2.45, 2.75) is 40.2 Å². The lowest BCUT2D eigenvalue weighted by molar-refractivity contribution is -0.152. The summed E-state index contributed by atoms with van der Waals surface area (Å²) < 4.78 is 6.01. The first-order valence-corrected chi connectivity index (χ1v) is 9.58. The average molecular weight is 386 g/mol. The predicted octanol–water partition coefficient (Wildman–Crippen LogP) is 3.33. The summed E-state index contributed by atoms with van der Waals surface area (Å²) in [6.07, 6.45) is 0. The number of fused-ring (bicyclic) bond motifs is 1. The van der Waals surface area contributed by atoms with Crippen molar-refractivity contribution in [3.05, 3.63) is 55.5 Å². The average Bonchev–Trinajstić information content (AvgIpc) is 3.01. The number of H-pyrrole nitrogens is 1. The number of aromatic nitrogens is 2. The van der Waals surface area contributed by atoms with Crippen LogP contribution in [0.4, 0.5) is 0 Å². The number of carbonyl (C=O) groups is 1. The second-order valence-corrected chi connectivity index (χ2v) is 7.88. The van der Waals surface area contributed by atoms with Crippen LogP contribution in [0.3, 0.4) is 0 Å². The fourth-order valence-corrected chi connectivity index (χ4v) is 4.00. The van der Waals surface area contributed by atoms with Crippen molar-refractivity contribution in [2.24, 2.45) is 0 Å². The van der Waals surface area contributed by atoms with Gasteiger partial charge in [-0.15, -0.1) is 11.3 Å². The van der Waals surface area contributed by atoms with Crippen LogP contribution in [0.2, 0.25) is 0 Å². The minimum Gasteiger partial charge on any atom is -0.464 e. The molecule has 3 rings (SSSR count). The molecule has 0 amide bonds. The van der Waals surface area contributed by atoms with E-state index in [-0.39, 0.29) is 6.61 Å². The molecule has 0 aliphatic carbocycles. The van der Waals surface area contributed by atoms with Gasteiger partial charge in [-0.2, -0.15) is 0 Å². The molecule has 0 bridgehead atoms. The third-order valence-electron chi connectivity index (χ3n) is 4.78. The van der Waals surface area contributed by atoms with Gasteiger partial charge in [-0.25, -0.2) is 14.2 Å². The van der Waals surface area contributed by atoms with Gasteiger partial charge in [-0.05, 0) is 51.3 Å². The van der Waals surface area contributed by atoms with E-state index in [1.165, 1.54) is 25.2 Å². The molecule has 0 radical (unpaired) electrons. The van der Waals surface area contributed by atoms with Gasteiger partial charge in [0, 0.05) is 10.9 Å². The normalized spacial score (nSPS) is 11.7. The molecule has 1 aromatic carbocycles. The van der Waals surface area contributed by atoms with Crippen molar-refractivity contribution in [1.29, 1.82) is 0 Å². The Morgan fingerprint density at radius 3 is 2.56 bits per heavy atom. The number of aromatic amines is 1. The number of hydrogen-bond acceptors (Lipinski definition) is 5. The Hall–Kier alpha value is -2.67. The van der Waals surface area contributed by atoms with E-state index in [2.05, 4.69) is 4.98 Å². The van der Waals surface area contributed by atoms with E-state index >= 15 is 0 Å². The van der Waals surface area contributed by atoms with Crippen molar-refractivity contribution < 1.29 is 9.53 Å². The third-order valence-corrected chi connectivity index (χ3v) is 5.68. The van der Waals surface area contributed by atoms with Crippen LogP contribution < -0.4 is 11.2 Å². The summed E-state index contributed by atoms with van der Waals surface area (Å²) in [6, 6.07) is 5.97. The fraction of sp³-hybridized carbons (Fsp3) is 0.350. The Kier molecular flexibility index (Phi) is 4.82. The van der Waals surface area contributed by atoms with Crippen molar-refractivity contribution in [1.82, 2.24) is 9.55 Å². The lowest BCUT2D eigenvalue weighted by Crippen LogP contribution is -2.51. The highest BCUT2D eigenvalue weighted by atomic mass is 32.1. The molecular formula is C20H22N2O4S. The molecule has 2 heterocycles. The second-order valence-electron chi connectivity index (χ2n) is 7.00. The van der Waals surface area contributed by atoms with Crippen molar-refractivity contribution in [3.63, 3.8) is 0 Å². The van der Waals surface area contributed by atoms with Gasteiger partial charge in [0.15, 0.2) is 0 Å². The number of ether oxygens (including phenoxy) is 1. The van der Waals surface area contributed by atoms with Gasteiger partial charge in [0.2, 0.25) is 0 Å². The molecular weight excluding hydrogens is 364 g/mol. The van der Waals surface area contributed by atoms with Crippen LogP contribution >= 0.6 is 11.3 Å². The van der Waals surface area contributed by atoms with E-state index in [4.69, 9.17) is 4.74 Å². The van der Waals surface area contributed by atoms with Crippen LogP contribution in [0.1, 0.15) is 31.9 Å². The number of hydrogen-bond donors (Lipinski definition) is 1. The van der Waals surface area contributed by atoms with Gasteiger partial charge < -0.3 is 4.74 Å². The highest BCUT2D eigenvalue weighted by Crippen LogP contribution is 2.31. The smallest absolute Gasteiger partial charge is 0.332 e. The Labute approximate surface area is 160 Å². The van der Waals surface area contributed by atoms with Crippen LogP contribution in [-0.2, 0) is 15.1 Å². The SMILES string of the molecule is CCOC(=O)C(C)(C)n1c(=O)[nH]c2scc(-c3ccc(C)c(C)c3)c2c1=O. The first kappa shape index (κ1) is 19.1. The van der Waals surface area contributed by atoms with E-state index < -0.39 is 22.8 Å². The second kappa shape index (κ2) is 6.81. The van der Waals surface area contributed by atoms with Gasteiger partial charge in [-0.1, -0.05) is 18.2 Å². The molecule has 2 aromatic heterocycles. The van der Waals surface area contributed by atoms with Crippen LogP contribution in [0.15, 0.2) is 33.2 Å². The Morgan fingerprint density at radius 2 is 1.93 bits per heavy atom. The zero-order chi connectivity index (χ0) is 19.9. The van der Waals surface area contributed by atoms with Crippen LogP contribution in [0, 0.1) is 13.8 Å². The largest absolute Gasteiger partial charge is 0.464 e. The maximum absolute atomic E-state index is 13.3. The van der Waals surface area contributed by atoms with Crippen molar-refractivity contribution in [2.75, 3.05) is 6.61 Å². The molecule has 0 atom stereocenters. The molecule has 0 spiro atoms. The zero-order valence-electron chi connectivity index (χ0n) is 16.0. The topological polar surface area (TPSA) is 81.2 Å². The number of carbonyl (C=O) groups excluding carboxylic acids is 1. The quantitative estimate of drug-likeness (QED) is 0.698. The number of esters is 1. The molecule has 0 fully saturated rings. The van der Waals surface area contributed by atoms with Gasteiger partial charge in [0.25, 0.3) is 5.56 Å². The molecule has 3 aromatic rings. The number of nitrogens with one attached hydrogen (secondary N) is 1. The maximum Gasteiger partial charge on any atom is 0.332 e. The first-order chi connectivity index (χ1) is 12.7. The summed E-state index contributed by atoms with van der Waals surface area (Å²) in [4.78, 5) is 41.4. The molecule has 6 nitrogen and oxygen atoms in total. The molecule has 0 unspecified atom stereocenters. The molecule has 7 heteroatoms. The van der Waals surface area contributed by atoms with E-state index in [0.29, 0.717) is 10.2 Å². The van der Waals surface area contributed by atoms with Gasteiger partial charge >= 0.3 is 11.7 Å². The number of aryl methyl sites for hydroxylation is 2. The summed E-state index contributed by atoms with van der Waals surface area (Å²) in [7, 11) is 0. The highest BCUT2D eigenvalue weighted by Gasteiger charge is 2.35. The minimum atomic E-state index is -1.42. The van der Waals surface area contributed by atoms with E-state index in [9.17, 15) is 14.4 Å². The first-order valence-electron chi connectivity index (χ1n) is 8.70. The van der Waals surface area contributed by atoms with E-state index in [1.807, 2.05) is 37.4 Å².